The quantitative estimate of drug-likeness (QED) is 0.224. The van der Waals surface area contributed by atoms with E-state index in [4.69, 9.17) is 0 Å². The molecule has 0 aliphatic heterocycles. The molecule has 2 nitrogen and oxygen atoms in total. The number of rotatable bonds is 8. The molecule has 0 unspecified atom stereocenters. The molecule has 0 fully saturated rings. The minimum Gasteiger partial charge on any atom is -0.310 e. The molecule has 0 heterocycles. The summed E-state index contributed by atoms with van der Waals surface area (Å²) in [5, 5.41) is 0. The zero-order valence-corrected chi connectivity index (χ0v) is 21.0. The number of aryl methyl sites for hydroxylation is 2. The van der Waals surface area contributed by atoms with Gasteiger partial charge in [0, 0.05) is 34.1 Å². The van der Waals surface area contributed by atoms with Gasteiger partial charge in [-0.15, -0.1) is 0 Å². The van der Waals surface area contributed by atoms with Crippen LogP contribution in [0.5, 0.6) is 0 Å². The molecular formula is C34H32N2. The molecule has 0 amide bonds. The van der Waals surface area contributed by atoms with Crippen molar-refractivity contribution in [1.29, 1.82) is 0 Å². The fourth-order valence-electron chi connectivity index (χ4n) is 4.58. The van der Waals surface area contributed by atoms with Crippen LogP contribution in [0.25, 0.3) is 0 Å². The zero-order valence-electron chi connectivity index (χ0n) is 21.0. The molecular weight excluding hydrogens is 436 g/mol. The molecule has 0 aliphatic carbocycles. The van der Waals surface area contributed by atoms with Crippen molar-refractivity contribution in [2.75, 3.05) is 9.80 Å². The van der Waals surface area contributed by atoms with Gasteiger partial charge in [-0.05, 0) is 90.7 Å². The van der Waals surface area contributed by atoms with E-state index in [9.17, 15) is 0 Å². The number of para-hydroxylation sites is 2. The molecule has 0 N–H and O–H groups in total. The number of hydrogen-bond donors (Lipinski definition) is 0. The first-order chi connectivity index (χ1) is 17.8. The Bertz CT molecular complexity index is 1270. The maximum Gasteiger partial charge on any atom is 0.0482 e. The van der Waals surface area contributed by atoms with Crippen LogP contribution in [0.1, 0.15) is 25.0 Å². The number of hydrogen-bond acceptors (Lipinski definition) is 2. The summed E-state index contributed by atoms with van der Waals surface area (Å²) < 4.78 is 0. The summed E-state index contributed by atoms with van der Waals surface area (Å²) in [5.41, 5.74) is 9.49. The van der Waals surface area contributed by atoms with Crippen molar-refractivity contribution >= 4 is 34.1 Å². The average Bonchev–Trinajstić information content (AvgIpc) is 2.96. The van der Waals surface area contributed by atoms with E-state index in [2.05, 4.69) is 157 Å². The molecule has 0 bridgehead atoms. The van der Waals surface area contributed by atoms with Crippen molar-refractivity contribution in [3.63, 3.8) is 0 Å². The van der Waals surface area contributed by atoms with Gasteiger partial charge in [0.05, 0.1) is 0 Å². The van der Waals surface area contributed by atoms with Gasteiger partial charge < -0.3 is 9.80 Å². The third-order valence-corrected chi connectivity index (χ3v) is 6.58. The minimum absolute atomic E-state index is 1.03. The van der Waals surface area contributed by atoms with Crippen LogP contribution in [0.2, 0.25) is 0 Å². The Labute approximate surface area is 215 Å². The Hall–Kier alpha value is -4.30. The standard InChI is InChI=1S/C34H32N2/c1-3-27-18-22-31(23-19-27)35(29-12-7-5-8-13-29)33-16-11-17-34(26-33)36(30-14-9-6-10-15-30)32-24-20-28(4-2)21-25-32/h5-26H,3-4H2,1-2H3. The van der Waals surface area contributed by atoms with Gasteiger partial charge in [-0.2, -0.15) is 0 Å². The molecule has 0 spiro atoms. The average molecular weight is 469 g/mol. The first-order valence-electron chi connectivity index (χ1n) is 12.7. The van der Waals surface area contributed by atoms with E-state index in [0.29, 0.717) is 0 Å². The van der Waals surface area contributed by atoms with Crippen LogP contribution in [0.15, 0.2) is 133 Å². The fourth-order valence-corrected chi connectivity index (χ4v) is 4.58. The first-order valence-corrected chi connectivity index (χ1v) is 12.7. The van der Waals surface area contributed by atoms with Crippen LogP contribution in [-0.2, 0) is 12.8 Å². The lowest BCUT2D eigenvalue weighted by molar-refractivity contribution is 1.13. The van der Waals surface area contributed by atoms with Crippen LogP contribution >= 0.6 is 0 Å². The number of nitrogens with zero attached hydrogens (tertiary/aromatic N) is 2. The SMILES string of the molecule is CCc1ccc(N(c2ccccc2)c2cccc(N(c3ccccc3)c3ccc(CC)cc3)c2)cc1. The van der Waals surface area contributed by atoms with Crippen molar-refractivity contribution in [3.8, 4) is 0 Å². The van der Waals surface area contributed by atoms with Crippen molar-refractivity contribution in [2.45, 2.75) is 26.7 Å². The Morgan fingerprint density at radius 2 is 0.694 bits per heavy atom. The largest absolute Gasteiger partial charge is 0.310 e. The molecule has 5 rings (SSSR count). The molecule has 36 heavy (non-hydrogen) atoms. The van der Waals surface area contributed by atoms with Gasteiger partial charge in [-0.1, -0.05) is 80.6 Å². The van der Waals surface area contributed by atoms with E-state index in [1.165, 1.54) is 11.1 Å². The third-order valence-electron chi connectivity index (χ3n) is 6.58. The van der Waals surface area contributed by atoms with E-state index < -0.39 is 0 Å². The second kappa shape index (κ2) is 11.0. The Balaban J connectivity index is 1.63. The van der Waals surface area contributed by atoms with Gasteiger partial charge in [0.1, 0.15) is 0 Å². The monoisotopic (exact) mass is 468 g/mol. The molecule has 178 valence electrons. The van der Waals surface area contributed by atoms with Gasteiger partial charge in [0.15, 0.2) is 0 Å². The van der Waals surface area contributed by atoms with Crippen LogP contribution in [-0.4, -0.2) is 0 Å². The van der Waals surface area contributed by atoms with E-state index in [1.807, 2.05) is 0 Å². The molecule has 0 aromatic heterocycles. The summed E-state index contributed by atoms with van der Waals surface area (Å²) >= 11 is 0. The lowest BCUT2D eigenvalue weighted by Crippen LogP contribution is -2.13. The van der Waals surface area contributed by atoms with Gasteiger partial charge in [0.25, 0.3) is 0 Å². The van der Waals surface area contributed by atoms with Crippen molar-refractivity contribution in [3.05, 3.63) is 145 Å². The predicted molar refractivity (Wildman–Crippen MR) is 155 cm³/mol. The Kier molecular flexibility index (Phi) is 7.14. The highest BCUT2D eigenvalue weighted by Crippen LogP contribution is 2.40. The minimum atomic E-state index is 1.03. The van der Waals surface area contributed by atoms with Crippen LogP contribution in [0.4, 0.5) is 34.1 Å². The van der Waals surface area contributed by atoms with Crippen molar-refractivity contribution < 1.29 is 0 Å². The molecule has 0 atom stereocenters. The van der Waals surface area contributed by atoms with Crippen molar-refractivity contribution in [1.82, 2.24) is 0 Å². The third kappa shape index (κ3) is 5.04. The Morgan fingerprint density at radius 3 is 1.06 bits per heavy atom. The van der Waals surface area contributed by atoms with Crippen LogP contribution < -0.4 is 9.80 Å². The summed E-state index contributed by atoms with van der Waals surface area (Å²) in [7, 11) is 0. The lowest BCUT2D eigenvalue weighted by atomic mass is 10.1. The van der Waals surface area contributed by atoms with E-state index in [0.717, 1.165) is 47.0 Å². The van der Waals surface area contributed by atoms with E-state index in [1.54, 1.807) is 0 Å². The number of benzene rings is 5. The zero-order chi connectivity index (χ0) is 24.7. The second-order valence-electron chi connectivity index (χ2n) is 8.90. The predicted octanol–water partition coefficient (Wildman–Crippen LogP) is 9.75. The van der Waals surface area contributed by atoms with Crippen molar-refractivity contribution in [2.24, 2.45) is 0 Å². The normalized spacial score (nSPS) is 10.7. The van der Waals surface area contributed by atoms with Crippen LogP contribution in [0.3, 0.4) is 0 Å². The van der Waals surface area contributed by atoms with Gasteiger partial charge >= 0.3 is 0 Å². The molecule has 0 aliphatic rings. The first kappa shape index (κ1) is 23.4. The highest BCUT2D eigenvalue weighted by molar-refractivity contribution is 5.82. The van der Waals surface area contributed by atoms with E-state index >= 15 is 0 Å². The number of anilines is 6. The molecule has 0 saturated heterocycles. The summed E-state index contributed by atoms with van der Waals surface area (Å²) in [5.74, 6) is 0. The van der Waals surface area contributed by atoms with Gasteiger partial charge in [-0.3, -0.25) is 0 Å². The maximum atomic E-state index is 2.33. The van der Waals surface area contributed by atoms with Gasteiger partial charge in [0.2, 0.25) is 0 Å². The fraction of sp³-hybridized carbons (Fsp3) is 0.118. The molecule has 5 aromatic carbocycles. The van der Waals surface area contributed by atoms with E-state index in [-0.39, 0.29) is 0 Å². The highest BCUT2D eigenvalue weighted by atomic mass is 15.2. The van der Waals surface area contributed by atoms with Gasteiger partial charge in [-0.25, -0.2) is 0 Å². The Morgan fingerprint density at radius 1 is 0.361 bits per heavy atom. The summed E-state index contributed by atoms with van der Waals surface area (Å²) in [6.45, 7) is 4.39. The summed E-state index contributed by atoms with van der Waals surface area (Å²) in [6.07, 6.45) is 2.06. The topological polar surface area (TPSA) is 6.48 Å². The highest BCUT2D eigenvalue weighted by Gasteiger charge is 2.17. The second-order valence-corrected chi connectivity index (χ2v) is 8.90. The van der Waals surface area contributed by atoms with Crippen LogP contribution in [0, 0.1) is 0 Å². The molecule has 0 saturated carbocycles. The molecule has 2 heteroatoms. The molecule has 0 radical (unpaired) electrons. The molecule has 5 aromatic rings. The summed E-state index contributed by atoms with van der Waals surface area (Å²) in [6, 6.07) is 47.7. The maximum absolute atomic E-state index is 2.33. The lowest BCUT2D eigenvalue weighted by Gasteiger charge is -2.29. The summed E-state index contributed by atoms with van der Waals surface area (Å²) in [4.78, 5) is 4.65. The smallest absolute Gasteiger partial charge is 0.0482 e.